The molecule has 5 rings (SSSR count). The first kappa shape index (κ1) is 26.4. The first-order chi connectivity index (χ1) is 18.8. The maximum absolute atomic E-state index is 11.3. The highest BCUT2D eigenvalue weighted by Gasteiger charge is 2.21. The zero-order valence-corrected chi connectivity index (χ0v) is 23.6. The summed E-state index contributed by atoms with van der Waals surface area (Å²) in [7, 11) is 0. The van der Waals surface area contributed by atoms with E-state index in [0.717, 1.165) is 97.4 Å². The third-order valence-electron chi connectivity index (χ3n) is 8.05. The number of hydrogen-bond acceptors (Lipinski definition) is 3. The minimum absolute atomic E-state index is 0.459. The van der Waals surface area contributed by atoms with Gasteiger partial charge in [0.05, 0.1) is 22.8 Å². The van der Waals surface area contributed by atoms with Gasteiger partial charge in [-0.3, -0.25) is 0 Å². The van der Waals surface area contributed by atoms with Crippen LogP contribution in [-0.2, 0) is 4.79 Å². The number of carbonyl (C=O) groups is 1. The van der Waals surface area contributed by atoms with E-state index in [1.54, 1.807) is 0 Å². The standard InChI is InChI=1S/C34H36N4O/c1-8-12-25-21(6)30-17-32-24(10-3)20(5)29(36-32)16-31-23(9-2)19(4)27(35-31)15-28-22(7)26(13-11-14-39)34(37-28)18-33(25)38-30/h9-10,14-18,35-36H,2-3,8,11-13H2,1,4-7H3. The van der Waals surface area contributed by atoms with Crippen LogP contribution < -0.4 is 0 Å². The summed E-state index contributed by atoms with van der Waals surface area (Å²) in [6, 6.07) is 8.50. The molecule has 2 aliphatic rings. The summed E-state index contributed by atoms with van der Waals surface area (Å²) >= 11 is 0. The van der Waals surface area contributed by atoms with Crippen molar-refractivity contribution in [1.29, 1.82) is 0 Å². The highest BCUT2D eigenvalue weighted by atomic mass is 16.1. The van der Waals surface area contributed by atoms with Gasteiger partial charge in [0.1, 0.15) is 6.29 Å². The number of H-pyrrole nitrogens is 2. The second-order valence-electron chi connectivity index (χ2n) is 10.4. The fraction of sp³-hybridized carbons (Fsp3) is 0.265. The first-order valence-corrected chi connectivity index (χ1v) is 13.7. The number of nitrogens with zero attached hydrogens (tertiary/aromatic N) is 2. The van der Waals surface area contributed by atoms with E-state index in [1.807, 2.05) is 12.2 Å². The summed E-state index contributed by atoms with van der Waals surface area (Å²) in [6.45, 7) is 18.9. The molecule has 0 saturated heterocycles. The van der Waals surface area contributed by atoms with E-state index in [-0.39, 0.29) is 0 Å². The molecule has 2 N–H and O–H groups in total. The lowest BCUT2D eigenvalue weighted by Crippen LogP contribution is -1.88. The van der Waals surface area contributed by atoms with Gasteiger partial charge < -0.3 is 14.8 Å². The SMILES string of the molecule is C=Cc1c(C)c2cc3[nH]c(cc4nc(cc5nc(cc1[nH]2)C(C)=C5CCC)C(CCC=O)=C4C)c(C)c3C=C. The third kappa shape index (κ3) is 4.52. The van der Waals surface area contributed by atoms with Crippen molar-refractivity contribution in [3.05, 3.63) is 82.5 Å². The molecule has 8 bridgehead atoms. The lowest BCUT2D eigenvalue weighted by atomic mass is 9.98. The highest BCUT2D eigenvalue weighted by Crippen LogP contribution is 2.38. The molecular weight excluding hydrogens is 480 g/mol. The predicted octanol–water partition coefficient (Wildman–Crippen LogP) is 8.86. The summed E-state index contributed by atoms with van der Waals surface area (Å²) < 4.78 is 0. The Bertz CT molecular complexity index is 1760. The molecule has 0 atom stereocenters. The maximum Gasteiger partial charge on any atom is 0.120 e. The molecule has 2 aliphatic heterocycles. The van der Waals surface area contributed by atoms with Gasteiger partial charge in [0.15, 0.2) is 0 Å². The number of rotatable bonds is 7. The molecule has 0 saturated carbocycles. The van der Waals surface area contributed by atoms with Crippen LogP contribution in [0.3, 0.4) is 0 Å². The van der Waals surface area contributed by atoms with Gasteiger partial charge in [-0.25, -0.2) is 9.97 Å². The Hall–Kier alpha value is -4.25. The van der Waals surface area contributed by atoms with Gasteiger partial charge in [-0.1, -0.05) is 38.7 Å². The van der Waals surface area contributed by atoms with Crippen LogP contribution in [0.15, 0.2) is 37.4 Å². The second-order valence-corrected chi connectivity index (χ2v) is 10.4. The van der Waals surface area contributed by atoms with Crippen LogP contribution in [-0.4, -0.2) is 26.2 Å². The van der Waals surface area contributed by atoms with Crippen LogP contribution in [0.2, 0.25) is 0 Å². The molecule has 5 nitrogen and oxygen atoms in total. The Kier molecular flexibility index (Phi) is 7.09. The van der Waals surface area contributed by atoms with Gasteiger partial charge in [-0.2, -0.15) is 0 Å². The lowest BCUT2D eigenvalue weighted by molar-refractivity contribution is -0.107. The number of carbonyl (C=O) groups excluding carboxylic acids is 1. The monoisotopic (exact) mass is 516 g/mol. The van der Waals surface area contributed by atoms with E-state index >= 15 is 0 Å². The lowest BCUT2D eigenvalue weighted by Gasteiger charge is -2.04. The number of fused-ring (bicyclic) bond motifs is 8. The second kappa shape index (κ2) is 10.5. The summed E-state index contributed by atoms with van der Waals surface area (Å²) in [5, 5.41) is 0. The van der Waals surface area contributed by atoms with Gasteiger partial charge in [-0.05, 0) is 98.2 Å². The van der Waals surface area contributed by atoms with E-state index in [0.29, 0.717) is 12.8 Å². The highest BCUT2D eigenvalue weighted by molar-refractivity contribution is 5.96. The molecule has 0 aliphatic carbocycles. The number of allylic oxidation sites excluding steroid dienone is 4. The Labute approximate surface area is 230 Å². The molecule has 0 amide bonds. The number of aromatic nitrogens is 4. The molecule has 0 spiro atoms. The molecule has 39 heavy (non-hydrogen) atoms. The van der Waals surface area contributed by atoms with Crippen molar-refractivity contribution in [3.63, 3.8) is 0 Å². The van der Waals surface area contributed by atoms with Crippen molar-refractivity contribution in [2.45, 2.75) is 60.3 Å². The van der Waals surface area contributed by atoms with Crippen LogP contribution in [0, 0.1) is 13.8 Å². The molecule has 0 radical (unpaired) electrons. The molecule has 3 aromatic heterocycles. The van der Waals surface area contributed by atoms with Gasteiger partial charge in [0.25, 0.3) is 0 Å². The topological polar surface area (TPSA) is 74.4 Å². The van der Waals surface area contributed by atoms with Gasteiger partial charge in [0.2, 0.25) is 0 Å². The predicted molar refractivity (Wildman–Crippen MR) is 166 cm³/mol. The largest absolute Gasteiger partial charge is 0.355 e. The average molecular weight is 517 g/mol. The summed E-state index contributed by atoms with van der Waals surface area (Å²) in [5.41, 5.74) is 16.7. The van der Waals surface area contributed by atoms with Gasteiger partial charge in [0, 0.05) is 39.6 Å². The van der Waals surface area contributed by atoms with Crippen LogP contribution in [0.1, 0.15) is 91.5 Å². The van der Waals surface area contributed by atoms with Crippen molar-refractivity contribution >= 4 is 62.8 Å². The summed E-state index contributed by atoms with van der Waals surface area (Å²) in [6.07, 6.45) is 7.86. The molecule has 5 heteroatoms. The number of nitrogens with one attached hydrogen (secondary N) is 2. The van der Waals surface area contributed by atoms with Crippen molar-refractivity contribution in [2.75, 3.05) is 0 Å². The Morgan fingerprint density at radius 1 is 0.692 bits per heavy atom. The van der Waals surface area contributed by atoms with Gasteiger partial charge in [-0.15, -0.1) is 0 Å². The summed E-state index contributed by atoms with van der Waals surface area (Å²) in [4.78, 5) is 28.8. The number of aryl methyl sites for hydroxylation is 2. The van der Waals surface area contributed by atoms with Crippen molar-refractivity contribution in [2.24, 2.45) is 0 Å². The number of hydrogen-bond donors (Lipinski definition) is 2. The van der Waals surface area contributed by atoms with E-state index in [4.69, 9.17) is 9.97 Å². The molecule has 0 unspecified atom stereocenters. The maximum atomic E-state index is 11.3. The fourth-order valence-corrected chi connectivity index (χ4v) is 5.76. The average Bonchev–Trinajstić information content (AvgIpc) is 3.57. The van der Waals surface area contributed by atoms with E-state index in [2.05, 4.69) is 82.0 Å². The molecule has 5 heterocycles. The zero-order chi connectivity index (χ0) is 27.8. The van der Waals surface area contributed by atoms with E-state index in [9.17, 15) is 4.79 Å². The first-order valence-electron chi connectivity index (χ1n) is 13.7. The Morgan fingerprint density at radius 2 is 1.18 bits per heavy atom. The van der Waals surface area contributed by atoms with Crippen molar-refractivity contribution in [1.82, 2.24) is 19.9 Å². The third-order valence-corrected chi connectivity index (χ3v) is 8.05. The van der Waals surface area contributed by atoms with Gasteiger partial charge >= 0.3 is 0 Å². The minimum Gasteiger partial charge on any atom is -0.355 e. The quantitative estimate of drug-likeness (QED) is 0.308. The molecule has 3 aromatic rings. The van der Waals surface area contributed by atoms with Crippen molar-refractivity contribution < 1.29 is 4.79 Å². The van der Waals surface area contributed by atoms with E-state index < -0.39 is 0 Å². The molecule has 198 valence electrons. The fourth-order valence-electron chi connectivity index (χ4n) is 5.76. The Balaban J connectivity index is 1.97. The van der Waals surface area contributed by atoms with E-state index in [1.165, 1.54) is 11.1 Å². The molecule has 0 aromatic carbocycles. The van der Waals surface area contributed by atoms with Crippen LogP contribution in [0.5, 0.6) is 0 Å². The smallest absolute Gasteiger partial charge is 0.120 e. The normalized spacial score (nSPS) is 13.3. The molecular formula is C34H36N4O. The number of aldehydes is 1. The Morgan fingerprint density at radius 3 is 1.69 bits per heavy atom. The van der Waals surface area contributed by atoms with Crippen LogP contribution in [0.25, 0.3) is 56.5 Å². The number of aromatic amines is 2. The van der Waals surface area contributed by atoms with Crippen LogP contribution in [0.4, 0.5) is 0 Å². The molecule has 0 fully saturated rings. The zero-order valence-electron chi connectivity index (χ0n) is 23.6. The summed E-state index contributed by atoms with van der Waals surface area (Å²) in [5.74, 6) is 0. The minimum atomic E-state index is 0.459. The van der Waals surface area contributed by atoms with Crippen molar-refractivity contribution in [3.8, 4) is 0 Å². The van der Waals surface area contributed by atoms with Crippen LogP contribution >= 0.6 is 0 Å².